The van der Waals surface area contributed by atoms with Crippen LogP contribution in [0.15, 0.2) is 12.1 Å². The second kappa shape index (κ2) is 7.45. The van der Waals surface area contributed by atoms with Crippen LogP contribution in [-0.4, -0.2) is 29.0 Å². The third-order valence-electron chi connectivity index (χ3n) is 3.66. The largest absolute Gasteiger partial charge is 0.477 e. The topological polar surface area (TPSA) is 86.4 Å². The number of carbonyl (C=O) groups is 1. The number of benzene rings is 1. The summed E-state index contributed by atoms with van der Waals surface area (Å²) >= 11 is 6.14. The van der Waals surface area contributed by atoms with Gasteiger partial charge >= 0.3 is 5.97 Å². The minimum absolute atomic E-state index is 0.192. The van der Waals surface area contributed by atoms with Crippen LogP contribution < -0.4 is 9.47 Å². The zero-order valence-electron chi connectivity index (χ0n) is 14.6. The Bertz CT molecular complexity index is 855. The zero-order chi connectivity index (χ0) is 18.7. The van der Waals surface area contributed by atoms with Crippen LogP contribution in [-0.2, 0) is 16.6 Å². The molecule has 0 N–H and O–H groups in total. The number of aromatic nitrogens is 2. The monoisotopic (exact) mass is 363 g/mol. The number of hydrogen-bond donors (Lipinski definition) is 0. The molecule has 0 saturated heterocycles. The minimum atomic E-state index is -0.857. The van der Waals surface area contributed by atoms with Crippen molar-refractivity contribution in [2.45, 2.75) is 26.9 Å². The fraction of sp³-hybridized carbons (Fsp3) is 0.353. The Morgan fingerprint density at radius 2 is 2.04 bits per heavy atom. The number of ether oxygens (including phenoxy) is 3. The number of nitriles is 1. The average molecular weight is 364 g/mol. The van der Waals surface area contributed by atoms with Crippen molar-refractivity contribution in [2.75, 3.05) is 7.11 Å². The minimum Gasteiger partial charge on any atom is -0.477 e. The molecule has 0 saturated carbocycles. The molecule has 7 nitrogen and oxygen atoms in total. The van der Waals surface area contributed by atoms with Crippen LogP contribution in [0.5, 0.6) is 17.4 Å². The molecule has 0 aliphatic carbocycles. The highest BCUT2D eigenvalue weighted by molar-refractivity contribution is 6.32. The normalized spacial score (nSPS) is 11.6. The third kappa shape index (κ3) is 3.86. The second-order valence-corrected chi connectivity index (χ2v) is 5.82. The molecule has 0 fully saturated rings. The lowest BCUT2D eigenvalue weighted by atomic mass is 10.2. The van der Waals surface area contributed by atoms with Gasteiger partial charge in [-0.1, -0.05) is 11.6 Å². The van der Waals surface area contributed by atoms with Gasteiger partial charge in [0, 0.05) is 18.7 Å². The van der Waals surface area contributed by atoms with Gasteiger partial charge in [0.1, 0.15) is 11.8 Å². The van der Waals surface area contributed by atoms with Crippen LogP contribution in [0.2, 0.25) is 5.02 Å². The number of hydrogen-bond acceptors (Lipinski definition) is 6. The Kier molecular flexibility index (Phi) is 5.55. The standard InChI is InChI=1S/C17H18ClN3O4/c1-9-10(2)20-21(4)16(9)25-14-7-15(13(18)6-12(14)8-19)24-11(3)17(22)23-5/h6-7,11H,1-5H3/t11-/m0/s1. The quantitative estimate of drug-likeness (QED) is 0.757. The van der Waals surface area contributed by atoms with E-state index < -0.39 is 12.1 Å². The summed E-state index contributed by atoms with van der Waals surface area (Å²) in [5, 5.41) is 13.8. The van der Waals surface area contributed by atoms with E-state index in [1.165, 1.54) is 26.2 Å². The van der Waals surface area contributed by atoms with Crippen molar-refractivity contribution in [1.29, 1.82) is 5.26 Å². The predicted molar refractivity (Wildman–Crippen MR) is 91.0 cm³/mol. The van der Waals surface area contributed by atoms with Gasteiger partial charge in [0.15, 0.2) is 11.9 Å². The molecule has 0 bridgehead atoms. The summed E-state index contributed by atoms with van der Waals surface area (Å²) in [5.41, 5.74) is 1.91. The number of aryl methyl sites for hydroxylation is 2. The van der Waals surface area contributed by atoms with E-state index in [1.54, 1.807) is 11.7 Å². The Hall–Kier alpha value is -2.72. The maximum Gasteiger partial charge on any atom is 0.346 e. The fourth-order valence-electron chi connectivity index (χ4n) is 2.19. The highest BCUT2D eigenvalue weighted by Crippen LogP contribution is 2.36. The third-order valence-corrected chi connectivity index (χ3v) is 3.95. The van der Waals surface area contributed by atoms with Gasteiger partial charge in [0.05, 0.1) is 23.4 Å². The van der Waals surface area contributed by atoms with Gasteiger partial charge in [0.2, 0.25) is 5.88 Å². The molecule has 1 aromatic heterocycles. The summed E-state index contributed by atoms with van der Waals surface area (Å²) in [5.74, 6) is 0.430. The first kappa shape index (κ1) is 18.6. The number of methoxy groups -OCH3 is 1. The first-order chi connectivity index (χ1) is 11.8. The summed E-state index contributed by atoms with van der Waals surface area (Å²) in [4.78, 5) is 11.5. The number of nitrogens with zero attached hydrogens (tertiary/aromatic N) is 3. The van der Waals surface area contributed by atoms with Gasteiger partial charge in [-0.15, -0.1) is 0 Å². The summed E-state index contributed by atoms with van der Waals surface area (Å²) in [7, 11) is 3.01. The van der Waals surface area contributed by atoms with Crippen molar-refractivity contribution in [1.82, 2.24) is 9.78 Å². The lowest BCUT2D eigenvalue weighted by molar-refractivity contribution is -0.147. The van der Waals surface area contributed by atoms with Crippen LogP contribution in [0.3, 0.4) is 0 Å². The molecular weight excluding hydrogens is 346 g/mol. The molecule has 0 amide bonds. The van der Waals surface area contributed by atoms with E-state index in [2.05, 4.69) is 9.84 Å². The molecule has 0 unspecified atom stereocenters. The Balaban J connectivity index is 2.42. The van der Waals surface area contributed by atoms with Crippen LogP contribution in [0.25, 0.3) is 0 Å². The molecule has 0 radical (unpaired) electrons. The SMILES string of the molecule is COC(=O)[C@H](C)Oc1cc(Oc2c(C)c(C)nn2C)c(C#N)cc1Cl. The Morgan fingerprint density at radius 1 is 1.36 bits per heavy atom. The van der Waals surface area contributed by atoms with E-state index in [9.17, 15) is 10.1 Å². The van der Waals surface area contributed by atoms with Gasteiger partial charge in [-0.25, -0.2) is 9.48 Å². The lowest BCUT2D eigenvalue weighted by Gasteiger charge is -2.16. The molecule has 2 rings (SSSR count). The molecule has 132 valence electrons. The molecular formula is C17H18ClN3O4. The van der Waals surface area contributed by atoms with E-state index >= 15 is 0 Å². The van der Waals surface area contributed by atoms with Crippen molar-refractivity contribution in [2.24, 2.45) is 7.05 Å². The molecule has 8 heteroatoms. The molecule has 0 spiro atoms. The van der Waals surface area contributed by atoms with Gasteiger partial charge in [-0.3, -0.25) is 0 Å². The van der Waals surface area contributed by atoms with Gasteiger partial charge in [-0.05, 0) is 26.8 Å². The van der Waals surface area contributed by atoms with Crippen LogP contribution in [0.4, 0.5) is 0 Å². The maximum absolute atomic E-state index is 11.5. The summed E-state index contributed by atoms with van der Waals surface area (Å²) in [6, 6.07) is 4.93. The zero-order valence-corrected chi connectivity index (χ0v) is 15.3. The van der Waals surface area contributed by atoms with Gasteiger partial charge < -0.3 is 14.2 Å². The predicted octanol–water partition coefficient (Wildman–Crippen LogP) is 3.29. The highest BCUT2D eigenvalue weighted by atomic mass is 35.5. The number of halogens is 1. The van der Waals surface area contributed by atoms with Crippen molar-refractivity contribution < 1.29 is 19.0 Å². The molecule has 1 aromatic carbocycles. The van der Waals surface area contributed by atoms with Gasteiger partial charge in [-0.2, -0.15) is 10.4 Å². The number of rotatable bonds is 5. The number of carbonyl (C=O) groups excluding carboxylic acids is 1. The molecule has 1 heterocycles. The lowest BCUT2D eigenvalue weighted by Crippen LogP contribution is -2.25. The molecule has 0 aliphatic heterocycles. The van der Waals surface area contributed by atoms with E-state index in [0.717, 1.165) is 11.3 Å². The van der Waals surface area contributed by atoms with Crippen LogP contribution in [0, 0.1) is 25.2 Å². The number of esters is 1. The second-order valence-electron chi connectivity index (χ2n) is 5.42. The van der Waals surface area contributed by atoms with Gasteiger partial charge in [0.25, 0.3) is 0 Å². The highest BCUT2D eigenvalue weighted by Gasteiger charge is 2.20. The van der Waals surface area contributed by atoms with E-state index in [0.29, 0.717) is 5.88 Å². The van der Waals surface area contributed by atoms with E-state index in [1.807, 2.05) is 19.9 Å². The molecule has 1 atom stereocenters. The van der Waals surface area contributed by atoms with Crippen molar-refractivity contribution in [3.8, 4) is 23.4 Å². The van der Waals surface area contributed by atoms with Crippen molar-refractivity contribution >= 4 is 17.6 Å². The Morgan fingerprint density at radius 3 is 2.56 bits per heavy atom. The summed E-state index contributed by atoms with van der Waals surface area (Å²) in [6.07, 6.45) is -0.857. The summed E-state index contributed by atoms with van der Waals surface area (Å²) in [6.45, 7) is 5.27. The Labute approximate surface area is 150 Å². The summed E-state index contributed by atoms with van der Waals surface area (Å²) < 4.78 is 17.6. The molecule has 25 heavy (non-hydrogen) atoms. The van der Waals surface area contributed by atoms with Crippen molar-refractivity contribution in [3.05, 3.63) is 34.0 Å². The average Bonchev–Trinajstić information content (AvgIpc) is 2.82. The van der Waals surface area contributed by atoms with Crippen LogP contribution >= 0.6 is 11.6 Å². The van der Waals surface area contributed by atoms with E-state index in [4.69, 9.17) is 21.1 Å². The molecule has 0 aliphatic rings. The van der Waals surface area contributed by atoms with Crippen molar-refractivity contribution in [3.63, 3.8) is 0 Å². The molecule has 2 aromatic rings. The van der Waals surface area contributed by atoms with Crippen LogP contribution in [0.1, 0.15) is 23.7 Å². The maximum atomic E-state index is 11.5. The first-order valence-corrected chi connectivity index (χ1v) is 7.82. The fourth-order valence-corrected chi connectivity index (χ4v) is 2.40. The first-order valence-electron chi connectivity index (χ1n) is 7.44. The van der Waals surface area contributed by atoms with E-state index in [-0.39, 0.29) is 22.1 Å². The smallest absolute Gasteiger partial charge is 0.346 e.